The lowest BCUT2D eigenvalue weighted by molar-refractivity contribution is -0.130. The van der Waals surface area contributed by atoms with E-state index < -0.39 is 17.6 Å². The van der Waals surface area contributed by atoms with Crippen molar-refractivity contribution in [3.63, 3.8) is 0 Å². The van der Waals surface area contributed by atoms with Crippen LogP contribution in [-0.2, 0) is 11.3 Å². The van der Waals surface area contributed by atoms with Crippen molar-refractivity contribution in [1.82, 2.24) is 20.2 Å². The Morgan fingerprint density at radius 2 is 1.50 bits per heavy atom. The minimum absolute atomic E-state index is 0.0806. The fourth-order valence-electron chi connectivity index (χ4n) is 2.48. The van der Waals surface area contributed by atoms with Gasteiger partial charge in [-0.25, -0.2) is 13.6 Å². The zero-order valence-electron chi connectivity index (χ0n) is 13.7. The van der Waals surface area contributed by atoms with Crippen LogP contribution in [0.4, 0.5) is 8.78 Å². The van der Waals surface area contributed by atoms with Gasteiger partial charge in [0.2, 0.25) is 5.82 Å². The summed E-state index contributed by atoms with van der Waals surface area (Å²) in [4.78, 5) is 13.3. The maximum Gasteiger partial charge on any atom is 0.340 e. The van der Waals surface area contributed by atoms with Crippen molar-refractivity contribution < 1.29 is 18.7 Å². The molecule has 0 aliphatic rings. The van der Waals surface area contributed by atoms with Crippen LogP contribution >= 0.6 is 0 Å². The van der Waals surface area contributed by atoms with Gasteiger partial charge in [-0.05, 0) is 47.5 Å². The van der Waals surface area contributed by atoms with Crippen LogP contribution in [0.5, 0.6) is 0 Å². The molecule has 2 aromatic carbocycles. The molecule has 0 amide bonds. The molecule has 1 heterocycles. The van der Waals surface area contributed by atoms with E-state index in [2.05, 4.69) is 15.4 Å². The molecule has 3 rings (SSSR count). The molecule has 0 aliphatic carbocycles. The molecule has 26 heavy (non-hydrogen) atoms. The van der Waals surface area contributed by atoms with Gasteiger partial charge >= 0.3 is 5.97 Å². The van der Waals surface area contributed by atoms with E-state index in [4.69, 9.17) is 0 Å². The number of tetrazole rings is 1. The molecule has 1 N–H and O–H groups in total. The van der Waals surface area contributed by atoms with Crippen LogP contribution in [0.15, 0.2) is 48.5 Å². The number of aromatic nitrogens is 4. The van der Waals surface area contributed by atoms with Crippen molar-refractivity contribution in [2.45, 2.75) is 13.5 Å². The van der Waals surface area contributed by atoms with Crippen molar-refractivity contribution in [3.05, 3.63) is 77.1 Å². The molecular weight excluding hydrogens is 342 g/mol. The third kappa shape index (κ3) is 3.49. The van der Waals surface area contributed by atoms with Gasteiger partial charge < -0.3 is 5.11 Å². The average Bonchev–Trinajstić information content (AvgIpc) is 3.10. The normalized spacial score (nSPS) is 10.6. The molecule has 0 aliphatic heterocycles. The van der Waals surface area contributed by atoms with Crippen LogP contribution in [0.25, 0.3) is 11.1 Å². The molecule has 1 aromatic heterocycles. The average molecular weight is 356 g/mol. The molecule has 0 unspecified atom stereocenters. The number of carbonyl (C=O) groups is 1. The molecule has 0 bridgehead atoms. The number of nitrogens with zero attached hydrogens (tertiary/aromatic N) is 4. The van der Waals surface area contributed by atoms with Crippen molar-refractivity contribution in [2.24, 2.45) is 0 Å². The molecule has 6 nitrogen and oxygen atoms in total. The quantitative estimate of drug-likeness (QED) is 0.711. The summed E-state index contributed by atoms with van der Waals surface area (Å²) in [5, 5.41) is 21.5. The smallest absolute Gasteiger partial charge is 0.340 e. The van der Waals surface area contributed by atoms with E-state index >= 15 is 0 Å². The number of halogens is 2. The highest BCUT2D eigenvalue weighted by molar-refractivity contribution is 6.25. The second-order valence-electron chi connectivity index (χ2n) is 5.37. The highest BCUT2D eigenvalue weighted by Gasteiger charge is 2.24. The summed E-state index contributed by atoms with van der Waals surface area (Å²) in [6.45, 7) is 2.21. The third-order valence-corrected chi connectivity index (χ3v) is 3.69. The fourth-order valence-corrected chi connectivity index (χ4v) is 2.48. The van der Waals surface area contributed by atoms with Crippen molar-refractivity contribution in [2.75, 3.05) is 0 Å². The Hall–Kier alpha value is -3.42. The molecule has 0 saturated carbocycles. The highest BCUT2D eigenvalue weighted by Crippen LogP contribution is 2.31. The lowest BCUT2D eigenvalue weighted by Gasteiger charge is -2.12. The van der Waals surface area contributed by atoms with Gasteiger partial charge in [0.1, 0.15) is 17.2 Å². The van der Waals surface area contributed by atoms with Crippen molar-refractivity contribution in [3.8, 4) is 0 Å². The standard InChI is InChI=1S/C18H14F2N4O2/c1-2-24-22-17(21-23-24)16(18(25)26)15(11-3-7-13(19)8-4-11)12-5-9-14(20)10-6-12/h3-10H,2H2,1H3,(H,25,26). The molecule has 3 aromatic rings. The predicted molar refractivity (Wildman–Crippen MR) is 89.8 cm³/mol. The second-order valence-corrected chi connectivity index (χ2v) is 5.37. The highest BCUT2D eigenvalue weighted by atomic mass is 19.1. The molecular formula is C18H14F2N4O2. The summed E-state index contributed by atoms with van der Waals surface area (Å²) in [5.41, 5.74) is 0.905. The maximum atomic E-state index is 13.3. The van der Waals surface area contributed by atoms with Crippen LogP contribution in [-0.4, -0.2) is 31.3 Å². The van der Waals surface area contributed by atoms with E-state index in [-0.39, 0.29) is 17.0 Å². The van der Waals surface area contributed by atoms with Gasteiger partial charge in [-0.1, -0.05) is 24.3 Å². The summed E-state index contributed by atoms with van der Waals surface area (Å²) in [7, 11) is 0. The Morgan fingerprint density at radius 3 is 1.88 bits per heavy atom. The second kappa shape index (κ2) is 7.22. The first kappa shape index (κ1) is 17.4. The van der Waals surface area contributed by atoms with E-state index in [1.54, 1.807) is 6.92 Å². The Balaban J connectivity index is 2.30. The molecule has 0 saturated heterocycles. The lowest BCUT2D eigenvalue weighted by Crippen LogP contribution is -2.07. The van der Waals surface area contributed by atoms with E-state index in [9.17, 15) is 18.7 Å². The fraction of sp³-hybridized carbons (Fsp3) is 0.111. The summed E-state index contributed by atoms with van der Waals surface area (Å²) in [5.74, 6) is -2.27. The van der Waals surface area contributed by atoms with Crippen molar-refractivity contribution in [1.29, 1.82) is 0 Å². The first-order chi connectivity index (χ1) is 12.5. The lowest BCUT2D eigenvalue weighted by atomic mass is 9.92. The molecule has 0 atom stereocenters. The van der Waals surface area contributed by atoms with Crippen LogP contribution in [0.2, 0.25) is 0 Å². The van der Waals surface area contributed by atoms with Gasteiger partial charge in [-0.2, -0.15) is 4.80 Å². The summed E-state index contributed by atoms with van der Waals surface area (Å²) in [6, 6.07) is 10.7. The summed E-state index contributed by atoms with van der Waals surface area (Å²) < 4.78 is 26.6. The number of rotatable bonds is 5. The van der Waals surface area contributed by atoms with Crippen LogP contribution in [0, 0.1) is 11.6 Å². The summed E-state index contributed by atoms with van der Waals surface area (Å²) >= 11 is 0. The zero-order chi connectivity index (χ0) is 18.7. The van der Waals surface area contributed by atoms with E-state index in [1.807, 2.05) is 0 Å². The number of aliphatic carboxylic acids is 1. The number of carboxylic acids is 1. The first-order valence-corrected chi connectivity index (χ1v) is 7.77. The maximum absolute atomic E-state index is 13.3. The van der Waals surface area contributed by atoms with E-state index in [0.717, 1.165) is 0 Å². The number of benzene rings is 2. The van der Waals surface area contributed by atoms with Crippen molar-refractivity contribution >= 4 is 17.1 Å². The molecule has 0 spiro atoms. The molecule has 132 valence electrons. The number of hydrogen-bond acceptors (Lipinski definition) is 4. The Morgan fingerprint density at radius 1 is 1.00 bits per heavy atom. The Labute approximate surface area is 147 Å². The minimum Gasteiger partial charge on any atom is -0.478 e. The minimum atomic E-state index is -1.27. The number of aryl methyl sites for hydroxylation is 1. The van der Waals surface area contributed by atoms with Gasteiger partial charge in [0.15, 0.2) is 0 Å². The largest absolute Gasteiger partial charge is 0.478 e. The van der Waals surface area contributed by atoms with Crippen LogP contribution in [0.3, 0.4) is 0 Å². The van der Waals surface area contributed by atoms with Gasteiger partial charge in [-0.15, -0.1) is 10.2 Å². The number of hydrogen-bond donors (Lipinski definition) is 1. The Bertz CT molecular complexity index is 916. The molecule has 0 radical (unpaired) electrons. The predicted octanol–water partition coefficient (Wildman–Crippen LogP) is 3.01. The third-order valence-electron chi connectivity index (χ3n) is 3.69. The van der Waals surface area contributed by atoms with Gasteiger partial charge in [0.25, 0.3) is 0 Å². The summed E-state index contributed by atoms with van der Waals surface area (Å²) in [6.07, 6.45) is 0. The van der Waals surface area contributed by atoms with Crippen LogP contribution < -0.4 is 0 Å². The first-order valence-electron chi connectivity index (χ1n) is 7.77. The monoisotopic (exact) mass is 356 g/mol. The topological polar surface area (TPSA) is 80.9 Å². The van der Waals surface area contributed by atoms with Gasteiger partial charge in [-0.3, -0.25) is 0 Å². The van der Waals surface area contributed by atoms with E-state index in [1.165, 1.54) is 53.3 Å². The van der Waals surface area contributed by atoms with E-state index in [0.29, 0.717) is 17.7 Å². The van der Waals surface area contributed by atoms with Gasteiger partial charge in [0.05, 0.1) is 6.54 Å². The van der Waals surface area contributed by atoms with Gasteiger partial charge in [0, 0.05) is 5.57 Å². The molecule has 0 fully saturated rings. The Kier molecular flexibility index (Phi) is 4.83. The SMILES string of the molecule is CCn1nnc(C(C(=O)O)=C(c2ccc(F)cc2)c2ccc(F)cc2)n1. The van der Waals surface area contributed by atoms with Crippen LogP contribution in [0.1, 0.15) is 23.9 Å². The molecule has 8 heteroatoms. The zero-order valence-corrected chi connectivity index (χ0v) is 13.7. The number of carboxylic acid groups (broad SMARTS) is 1.